The molecule has 0 aliphatic rings. The van der Waals surface area contributed by atoms with E-state index in [1.807, 2.05) is 19.3 Å². The van der Waals surface area contributed by atoms with Crippen LogP contribution in [0.5, 0.6) is 0 Å². The standard InChI is InChI=1S/C15H13N2/c1-17-10-13-5-2-3-7-14(13)15(11-17)12-6-4-8-16-9-12/h2-11H,1H3/q+1. The highest BCUT2D eigenvalue weighted by Gasteiger charge is 2.08. The molecule has 0 unspecified atom stereocenters. The molecule has 0 fully saturated rings. The Labute approximate surface area is 100 Å². The molecule has 0 N–H and O–H groups in total. The Kier molecular flexibility index (Phi) is 2.33. The van der Waals surface area contributed by atoms with Gasteiger partial charge in [-0.2, -0.15) is 0 Å². The van der Waals surface area contributed by atoms with Gasteiger partial charge in [-0.05, 0) is 12.1 Å². The van der Waals surface area contributed by atoms with Gasteiger partial charge < -0.3 is 0 Å². The zero-order valence-corrected chi connectivity index (χ0v) is 9.67. The van der Waals surface area contributed by atoms with Gasteiger partial charge in [-0.15, -0.1) is 0 Å². The van der Waals surface area contributed by atoms with Crippen molar-refractivity contribution in [2.24, 2.45) is 7.05 Å². The summed E-state index contributed by atoms with van der Waals surface area (Å²) in [6.45, 7) is 0. The van der Waals surface area contributed by atoms with Gasteiger partial charge >= 0.3 is 0 Å². The molecular formula is C15H13N2+. The summed E-state index contributed by atoms with van der Waals surface area (Å²) in [5, 5.41) is 2.51. The van der Waals surface area contributed by atoms with Crippen LogP contribution in [0.2, 0.25) is 0 Å². The molecule has 17 heavy (non-hydrogen) atoms. The topological polar surface area (TPSA) is 16.8 Å². The number of benzene rings is 1. The summed E-state index contributed by atoms with van der Waals surface area (Å²) >= 11 is 0. The molecule has 2 heterocycles. The average molecular weight is 221 g/mol. The van der Waals surface area contributed by atoms with Crippen molar-refractivity contribution in [3.8, 4) is 11.1 Å². The number of hydrogen-bond acceptors (Lipinski definition) is 1. The molecule has 2 nitrogen and oxygen atoms in total. The Bertz CT molecular complexity index is 660. The van der Waals surface area contributed by atoms with Crippen molar-refractivity contribution in [2.45, 2.75) is 0 Å². The smallest absolute Gasteiger partial charge is 0.177 e. The van der Waals surface area contributed by atoms with Crippen LogP contribution in [0.3, 0.4) is 0 Å². The van der Waals surface area contributed by atoms with Gasteiger partial charge in [0.2, 0.25) is 0 Å². The SMILES string of the molecule is C[n+]1cc(-c2cccnc2)c2ccccc2c1. The Hall–Kier alpha value is -2.22. The van der Waals surface area contributed by atoms with E-state index in [1.54, 1.807) is 6.20 Å². The first-order valence-electron chi connectivity index (χ1n) is 5.63. The van der Waals surface area contributed by atoms with Gasteiger partial charge in [0.1, 0.15) is 7.05 Å². The van der Waals surface area contributed by atoms with E-state index in [0.717, 1.165) is 5.56 Å². The minimum Gasteiger partial charge on any atom is -0.264 e. The molecule has 0 aliphatic carbocycles. The summed E-state index contributed by atoms with van der Waals surface area (Å²) in [7, 11) is 2.05. The summed E-state index contributed by atoms with van der Waals surface area (Å²) in [5.41, 5.74) is 2.37. The normalized spacial score (nSPS) is 10.6. The van der Waals surface area contributed by atoms with Crippen LogP contribution in [0.4, 0.5) is 0 Å². The Balaban J connectivity index is 2.36. The van der Waals surface area contributed by atoms with E-state index in [2.05, 4.69) is 52.3 Å². The van der Waals surface area contributed by atoms with Crippen LogP contribution in [0.1, 0.15) is 0 Å². The zero-order valence-electron chi connectivity index (χ0n) is 9.67. The van der Waals surface area contributed by atoms with Gasteiger partial charge in [0.25, 0.3) is 0 Å². The number of fused-ring (bicyclic) bond motifs is 1. The lowest BCUT2D eigenvalue weighted by Crippen LogP contribution is -2.26. The number of aryl methyl sites for hydroxylation is 1. The minimum absolute atomic E-state index is 1.15. The minimum atomic E-state index is 1.15. The van der Waals surface area contributed by atoms with Gasteiger partial charge in [-0.25, -0.2) is 4.57 Å². The van der Waals surface area contributed by atoms with Crippen LogP contribution in [0, 0.1) is 0 Å². The molecule has 82 valence electrons. The van der Waals surface area contributed by atoms with Gasteiger partial charge in [-0.1, -0.05) is 24.3 Å². The van der Waals surface area contributed by atoms with Crippen molar-refractivity contribution in [1.82, 2.24) is 4.98 Å². The average Bonchev–Trinajstić information content (AvgIpc) is 2.39. The van der Waals surface area contributed by atoms with Gasteiger partial charge in [-0.3, -0.25) is 4.98 Å². The molecule has 0 atom stereocenters. The first-order chi connectivity index (χ1) is 8.34. The molecule has 0 amide bonds. The van der Waals surface area contributed by atoms with E-state index >= 15 is 0 Å². The molecule has 3 aromatic rings. The third-order valence-electron chi connectivity index (χ3n) is 2.90. The largest absolute Gasteiger partial charge is 0.264 e. The number of hydrogen-bond donors (Lipinski definition) is 0. The number of pyridine rings is 2. The highest BCUT2D eigenvalue weighted by molar-refractivity contribution is 5.94. The molecule has 0 radical (unpaired) electrons. The molecular weight excluding hydrogens is 208 g/mol. The van der Waals surface area contributed by atoms with E-state index in [9.17, 15) is 0 Å². The lowest BCUT2D eigenvalue weighted by molar-refractivity contribution is -0.669. The number of rotatable bonds is 1. The van der Waals surface area contributed by atoms with Crippen LogP contribution in [0.25, 0.3) is 21.9 Å². The maximum Gasteiger partial charge on any atom is 0.177 e. The summed E-state index contributed by atoms with van der Waals surface area (Å²) in [6, 6.07) is 12.5. The predicted octanol–water partition coefficient (Wildman–Crippen LogP) is 2.73. The molecule has 1 aromatic carbocycles. The van der Waals surface area contributed by atoms with E-state index in [-0.39, 0.29) is 0 Å². The van der Waals surface area contributed by atoms with Gasteiger partial charge in [0, 0.05) is 28.7 Å². The Morgan fingerprint density at radius 2 is 1.88 bits per heavy atom. The fraction of sp³-hybridized carbons (Fsp3) is 0.0667. The fourth-order valence-electron chi connectivity index (χ4n) is 2.14. The third kappa shape index (κ3) is 1.78. The fourth-order valence-corrected chi connectivity index (χ4v) is 2.14. The first-order valence-corrected chi connectivity index (χ1v) is 5.63. The lowest BCUT2D eigenvalue weighted by Gasteiger charge is -2.04. The Morgan fingerprint density at radius 1 is 1.00 bits per heavy atom. The summed E-state index contributed by atoms with van der Waals surface area (Å²) < 4.78 is 2.09. The molecule has 2 heteroatoms. The van der Waals surface area contributed by atoms with E-state index in [4.69, 9.17) is 0 Å². The van der Waals surface area contributed by atoms with E-state index in [0.29, 0.717) is 0 Å². The van der Waals surface area contributed by atoms with Crippen molar-refractivity contribution in [3.05, 3.63) is 61.2 Å². The van der Waals surface area contributed by atoms with Crippen molar-refractivity contribution in [3.63, 3.8) is 0 Å². The van der Waals surface area contributed by atoms with Crippen LogP contribution >= 0.6 is 0 Å². The van der Waals surface area contributed by atoms with E-state index < -0.39 is 0 Å². The molecule has 3 rings (SSSR count). The maximum absolute atomic E-state index is 4.19. The van der Waals surface area contributed by atoms with Crippen LogP contribution in [-0.2, 0) is 7.05 Å². The summed E-state index contributed by atoms with van der Waals surface area (Å²) in [4.78, 5) is 4.19. The van der Waals surface area contributed by atoms with Crippen LogP contribution < -0.4 is 4.57 Å². The monoisotopic (exact) mass is 221 g/mol. The number of nitrogens with zero attached hydrogens (tertiary/aromatic N) is 2. The maximum atomic E-state index is 4.19. The molecule has 0 saturated carbocycles. The molecule has 2 aromatic heterocycles. The van der Waals surface area contributed by atoms with Crippen molar-refractivity contribution in [1.29, 1.82) is 0 Å². The van der Waals surface area contributed by atoms with E-state index in [1.165, 1.54) is 16.3 Å². The van der Waals surface area contributed by atoms with Crippen LogP contribution in [0.15, 0.2) is 61.2 Å². The summed E-state index contributed by atoms with van der Waals surface area (Å²) in [5.74, 6) is 0. The second-order valence-corrected chi connectivity index (χ2v) is 4.17. The van der Waals surface area contributed by atoms with Crippen molar-refractivity contribution < 1.29 is 4.57 Å². The van der Waals surface area contributed by atoms with Crippen molar-refractivity contribution in [2.75, 3.05) is 0 Å². The third-order valence-corrected chi connectivity index (χ3v) is 2.90. The first kappa shape index (κ1) is 9.97. The quantitative estimate of drug-likeness (QED) is 0.577. The molecule has 0 saturated heterocycles. The zero-order chi connectivity index (χ0) is 11.7. The molecule has 0 bridgehead atoms. The highest BCUT2D eigenvalue weighted by Crippen LogP contribution is 2.25. The summed E-state index contributed by atoms with van der Waals surface area (Å²) in [6.07, 6.45) is 7.98. The van der Waals surface area contributed by atoms with Gasteiger partial charge in [0.15, 0.2) is 12.4 Å². The second kappa shape index (κ2) is 3.98. The molecule has 0 aliphatic heterocycles. The Morgan fingerprint density at radius 3 is 2.71 bits per heavy atom. The number of aromatic nitrogens is 2. The predicted molar refractivity (Wildman–Crippen MR) is 68.4 cm³/mol. The lowest BCUT2D eigenvalue weighted by atomic mass is 10.0. The van der Waals surface area contributed by atoms with Crippen LogP contribution in [-0.4, -0.2) is 4.98 Å². The van der Waals surface area contributed by atoms with Gasteiger partial charge in [0.05, 0.1) is 5.56 Å². The highest BCUT2D eigenvalue weighted by atomic mass is 14.9. The molecule has 0 spiro atoms. The van der Waals surface area contributed by atoms with Crippen molar-refractivity contribution >= 4 is 10.8 Å². The second-order valence-electron chi connectivity index (χ2n) is 4.17.